The van der Waals surface area contributed by atoms with Gasteiger partial charge in [-0.25, -0.2) is 0 Å². The van der Waals surface area contributed by atoms with Gasteiger partial charge < -0.3 is 15.4 Å². The van der Waals surface area contributed by atoms with Crippen LogP contribution < -0.4 is 10.6 Å². The molecule has 2 fully saturated rings. The second kappa shape index (κ2) is 12.4. The third-order valence-corrected chi connectivity index (χ3v) is 8.35. The molecule has 0 aromatic heterocycles. The first-order valence-corrected chi connectivity index (χ1v) is 12.4. The fourth-order valence-electron chi connectivity index (χ4n) is 4.86. The summed E-state index contributed by atoms with van der Waals surface area (Å²) in [6.45, 7) is 6.67. The van der Waals surface area contributed by atoms with Crippen LogP contribution in [0.5, 0.6) is 0 Å². The van der Waals surface area contributed by atoms with Crippen molar-refractivity contribution in [2.24, 2.45) is 4.99 Å². The first-order valence-electron chi connectivity index (χ1n) is 11.1. The van der Waals surface area contributed by atoms with Crippen molar-refractivity contribution >= 4 is 40.7 Å². The number of halogens is 1. The predicted molar refractivity (Wildman–Crippen MR) is 138 cm³/mol. The zero-order chi connectivity index (χ0) is 20.7. The smallest absolute Gasteiger partial charge is 0.191 e. The van der Waals surface area contributed by atoms with E-state index in [0.29, 0.717) is 11.3 Å². The average Bonchev–Trinajstić information content (AvgIpc) is 2.77. The van der Waals surface area contributed by atoms with Gasteiger partial charge in [0.2, 0.25) is 0 Å². The van der Waals surface area contributed by atoms with Crippen LogP contribution in [0.3, 0.4) is 0 Å². The molecule has 1 saturated heterocycles. The van der Waals surface area contributed by atoms with E-state index in [0.717, 1.165) is 70.0 Å². The molecule has 2 N–H and O–H groups in total. The van der Waals surface area contributed by atoms with E-state index in [1.54, 1.807) is 0 Å². The van der Waals surface area contributed by atoms with Crippen molar-refractivity contribution in [2.75, 3.05) is 32.6 Å². The summed E-state index contributed by atoms with van der Waals surface area (Å²) in [5.74, 6) is 1.61. The Morgan fingerprint density at radius 2 is 2.00 bits per heavy atom. The molecule has 1 aromatic rings. The molecule has 3 rings (SSSR count). The Balaban J connectivity index is 0.00000320. The van der Waals surface area contributed by atoms with Gasteiger partial charge in [-0.05, 0) is 50.2 Å². The monoisotopic (exact) mass is 547 g/mol. The van der Waals surface area contributed by atoms with Crippen molar-refractivity contribution in [1.82, 2.24) is 10.6 Å². The summed E-state index contributed by atoms with van der Waals surface area (Å²) in [6.07, 6.45) is 6.34. The largest absolute Gasteiger partial charge is 0.381 e. The highest BCUT2D eigenvalue weighted by Crippen LogP contribution is 2.36. The van der Waals surface area contributed by atoms with Crippen LogP contribution in [0.25, 0.3) is 0 Å². The van der Waals surface area contributed by atoms with Crippen molar-refractivity contribution < 1.29 is 8.95 Å². The summed E-state index contributed by atoms with van der Waals surface area (Å²) in [5.41, 5.74) is 2.83. The van der Waals surface area contributed by atoms with Crippen LogP contribution in [0.15, 0.2) is 29.3 Å². The van der Waals surface area contributed by atoms with Gasteiger partial charge >= 0.3 is 0 Å². The maximum Gasteiger partial charge on any atom is 0.191 e. The Bertz CT molecular complexity index is 722. The van der Waals surface area contributed by atoms with E-state index in [9.17, 15) is 4.21 Å². The lowest BCUT2D eigenvalue weighted by Gasteiger charge is -2.39. The SMILES string of the molecule is CCS(=O)C1CCCC(NC(=NC)NCC2(c3ccccc3C)CCOCC2)C1.I. The fraction of sp³-hybridized carbons (Fsp3) is 0.696. The van der Waals surface area contributed by atoms with Gasteiger partial charge in [-0.15, -0.1) is 24.0 Å². The van der Waals surface area contributed by atoms with E-state index in [2.05, 4.69) is 46.8 Å². The lowest BCUT2D eigenvalue weighted by atomic mass is 9.72. The van der Waals surface area contributed by atoms with Crippen LogP contribution in [0.4, 0.5) is 0 Å². The average molecular weight is 548 g/mol. The number of guanidine groups is 1. The summed E-state index contributed by atoms with van der Waals surface area (Å²) in [5, 5.41) is 7.55. The van der Waals surface area contributed by atoms with Crippen molar-refractivity contribution in [3.63, 3.8) is 0 Å². The fourth-order valence-corrected chi connectivity index (χ4v) is 6.21. The Kier molecular flexibility index (Phi) is 10.6. The van der Waals surface area contributed by atoms with E-state index < -0.39 is 10.8 Å². The van der Waals surface area contributed by atoms with Gasteiger partial charge in [0.15, 0.2) is 5.96 Å². The lowest BCUT2D eigenvalue weighted by Crippen LogP contribution is -2.51. The molecule has 1 aliphatic heterocycles. The summed E-state index contributed by atoms with van der Waals surface area (Å²) >= 11 is 0. The van der Waals surface area contributed by atoms with E-state index in [1.807, 2.05) is 14.0 Å². The van der Waals surface area contributed by atoms with Crippen LogP contribution in [-0.4, -0.2) is 54.0 Å². The quantitative estimate of drug-likeness (QED) is 0.322. The molecule has 0 radical (unpaired) electrons. The number of aliphatic imine (C=N–C) groups is 1. The lowest BCUT2D eigenvalue weighted by molar-refractivity contribution is 0.0511. The molecule has 2 aliphatic rings. The molecule has 1 heterocycles. The molecule has 1 aliphatic carbocycles. The molecule has 0 bridgehead atoms. The molecule has 3 atom stereocenters. The molecule has 3 unspecified atom stereocenters. The first kappa shape index (κ1) is 25.6. The van der Waals surface area contributed by atoms with E-state index in [1.165, 1.54) is 11.1 Å². The van der Waals surface area contributed by atoms with Crippen molar-refractivity contribution in [3.05, 3.63) is 35.4 Å². The number of ether oxygens (including phenoxy) is 1. The number of benzene rings is 1. The molecular formula is C23H38IN3O2S. The molecule has 7 heteroatoms. The Hall–Kier alpha value is -0.670. The van der Waals surface area contributed by atoms with E-state index in [-0.39, 0.29) is 29.4 Å². The molecular weight excluding hydrogens is 509 g/mol. The number of rotatable bonds is 6. The molecule has 0 spiro atoms. The first-order chi connectivity index (χ1) is 14.1. The van der Waals surface area contributed by atoms with Crippen LogP contribution in [-0.2, 0) is 21.0 Å². The van der Waals surface area contributed by atoms with Crippen LogP contribution in [0.1, 0.15) is 56.6 Å². The zero-order valence-corrected chi connectivity index (χ0v) is 21.8. The minimum Gasteiger partial charge on any atom is -0.381 e. The van der Waals surface area contributed by atoms with Crippen LogP contribution in [0.2, 0.25) is 0 Å². The molecule has 30 heavy (non-hydrogen) atoms. The zero-order valence-electron chi connectivity index (χ0n) is 18.6. The predicted octanol–water partition coefficient (Wildman–Crippen LogP) is 3.91. The van der Waals surface area contributed by atoms with Crippen molar-refractivity contribution in [2.45, 2.75) is 69.1 Å². The second-order valence-electron chi connectivity index (χ2n) is 8.43. The molecule has 0 amide bonds. The third kappa shape index (κ3) is 6.42. The van der Waals surface area contributed by atoms with E-state index >= 15 is 0 Å². The molecule has 1 saturated carbocycles. The second-order valence-corrected chi connectivity index (χ2v) is 10.4. The van der Waals surface area contributed by atoms with Crippen LogP contribution in [0, 0.1) is 6.92 Å². The van der Waals surface area contributed by atoms with Crippen molar-refractivity contribution in [1.29, 1.82) is 0 Å². The summed E-state index contributed by atoms with van der Waals surface area (Å²) in [7, 11) is 1.13. The van der Waals surface area contributed by atoms with Gasteiger partial charge in [0, 0.05) is 60.1 Å². The Labute approximate surface area is 201 Å². The maximum atomic E-state index is 12.3. The summed E-state index contributed by atoms with van der Waals surface area (Å²) < 4.78 is 17.9. The third-order valence-electron chi connectivity index (χ3n) is 6.61. The summed E-state index contributed by atoms with van der Waals surface area (Å²) in [6, 6.07) is 9.07. The number of aryl methyl sites for hydroxylation is 1. The highest BCUT2D eigenvalue weighted by Gasteiger charge is 2.36. The standard InChI is InChI=1S/C23H37N3O2S.HI/c1-4-29(27)20-10-7-9-19(16-20)26-22(24-3)25-17-23(12-14-28-15-13-23)21-11-6-5-8-18(21)2;/h5-6,8,11,19-20H,4,7,9-10,12-17H2,1-3H3,(H2,24,25,26);1H. The molecule has 5 nitrogen and oxygen atoms in total. The Morgan fingerprint density at radius 3 is 2.67 bits per heavy atom. The summed E-state index contributed by atoms with van der Waals surface area (Å²) in [4.78, 5) is 4.49. The number of hydrogen-bond acceptors (Lipinski definition) is 3. The maximum absolute atomic E-state index is 12.3. The highest BCUT2D eigenvalue weighted by atomic mass is 127. The van der Waals surface area contributed by atoms with Gasteiger partial charge in [0.1, 0.15) is 0 Å². The van der Waals surface area contributed by atoms with Gasteiger partial charge in [-0.1, -0.05) is 37.6 Å². The van der Waals surface area contributed by atoms with Gasteiger partial charge in [0.25, 0.3) is 0 Å². The minimum atomic E-state index is -0.707. The topological polar surface area (TPSA) is 62.7 Å². The molecule has 1 aromatic carbocycles. The van der Waals surface area contributed by atoms with Gasteiger partial charge in [-0.2, -0.15) is 0 Å². The van der Waals surface area contributed by atoms with Gasteiger partial charge in [0.05, 0.1) is 0 Å². The number of nitrogens with zero attached hydrogens (tertiary/aromatic N) is 1. The minimum absolute atomic E-state index is 0. The van der Waals surface area contributed by atoms with Gasteiger partial charge in [-0.3, -0.25) is 9.20 Å². The number of nitrogens with one attached hydrogen (secondary N) is 2. The van der Waals surface area contributed by atoms with E-state index in [4.69, 9.17) is 4.74 Å². The van der Waals surface area contributed by atoms with Crippen LogP contribution >= 0.6 is 24.0 Å². The normalized spacial score (nSPS) is 25.1. The number of hydrogen-bond donors (Lipinski definition) is 2. The van der Waals surface area contributed by atoms with Crippen molar-refractivity contribution in [3.8, 4) is 0 Å². The molecule has 170 valence electrons. The Morgan fingerprint density at radius 1 is 1.27 bits per heavy atom. The highest BCUT2D eigenvalue weighted by molar-refractivity contribution is 14.0.